The molecule has 2 aromatic rings. The third-order valence-electron chi connectivity index (χ3n) is 4.55. The number of nitrogens with zero attached hydrogens (tertiary/aromatic N) is 2. The molecule has 0 spiro atoms. The number of amides is 1. The predicted molar refractivity (Wildman–Crippen MR) is 97.3 cm³/mol. The first-order valence-electron chi connectivity index (χ1n) is 8.10. The van der Waals surface area contributed by atoms with E-state index in [-0.39, 0.29) is 11.3 Å². The van der Waals surface area contributed by atoms with E-state index in [1.54, 1.807) is 12.3 Å². The molecule has 7 heteroatoms. The number of aromatic nitrogens is 2. The number of halogens is 2. The van der Waals surface area contributed by atoms with E-state index in [1.807, 2.05) is 19.1 Å². The highest BCUT2D eigenvalue weighted by molar-refractivity contribution is 6.35. The van der Waals surface area contributed by atoms with Crippen molar-refractivity contribution in [3.63, 3.8) is 0 Å². The summed E-state index contributed by atoms with van der Waals surface area (Å²) in [6.45, 7) is 3.53. The Morgan fingerprint density at radius 3 is 2.64 bits per heavy atom. The van der Waals surface area contributed by atoms with Gasteiger partial charge in [0.2, 0.25) is 0 Å². The Morgan fingerprint density at radius 2 is 2.00 bits per heavy atom. The average molecular weight is 380 g/mol. The van der Waals surface area contributed by atoms with E-state index in [9.17, 15) is 4.79 Å². The lowest BCUT2D eigenvalue weighted by Crippen LogP contribution is -2.45. The van der Waals surface area contributed by atoms with E-state index in [4.69, 9.17) is 27.9 Å². The normalized spacial score (nSPS) is 16.4. The lowest BCUT2D eigenvalue weighted by Gasteiger charge is -2.38. The standard InChI is InChI=1S/C18H19Cl2N3O2/c1-12-9-22-16(10-21-12)17(24)23-11-18(4-6-25-7-5-18)14-3-2-13(19)8-15(14)20/h2-3,8-10H,4-7,11H2,1H3,(H,23,24). The van der Waals surface area contributed by atoms with E-state index >= 15 is 0 Å². The molecule has 1 saturated heterocycles. The van der Waals surface area contributed by atoms with Gasteiger partial charge >= 0.3 is 0 Å². The topological polar surface area (TPSA) is 64.1 Å². The van der Waals surface area contributed by atoms with E-state index in [1.165, 1.54) is 6.20 Å². The van der Waals surface area contributed by atoms with Gasteiger partial charge in [0.15, 0.2) is 0 Å². The minimum absolute atomic E-state index is 0.247. The number of carbonyl (C=O) groups excluding carboxylic acids is 1. The third-order valence-corrected chi connectivity index (χ3v) is 5.10. The van der Waals surface area contributed by atoms with Crippen LogP contribution >= 0.6 is 23.2 Å². The summed E-state index contributed by atoms with van der Waals surface area (Å²) >= 11 is 12.5. The number of carbonyl (C=O) groups is 1. The number of rotatable bonds is 4. The van der Waals surface area contributed by atoms with Crippen LogP contribution in [0.3, 0.4) is 0 Å². The molecular weight excluding hydrogens is 361 g/mol. The van der Waals surface area contributed by atoms with Crippen molar-refractivity contribution in [2.24, 2.45) is 0 Å². The first-order valence-corrected chi connectivity index (χ1v) is 8.86. The summed E-state index contributed by atoms with van der Waals surface area (Å²) in [5, 5.41) is 4.18. The number of benzene rings is 1. The SMILES string of the molecule is Cc1cnc(C(=O)NCC2(c3ccc(Cl)cc3Cl)CCOCC2)cn1. The molecule has 1 fully saturated rings. The molecule has 1 N–H and O–H groups in total. The van der Waals surface area contributed by atoms with Gasteiger partial charge in [0, 0.05) is 41.4 Å². The van der Waals surface area contributed by atoms with Crippen LogP contribution in [0.25, 0.3) is 0 Å². The molecule has 3 rings (SSSR count). The quantitative estimate of drug-likeness (QED) is 0.881. The number of hydrogen-bond donors (Lipinski definition) is 1. The molecular formula is C18H19Cl2N3O2. The zero-order valence-electron chi connectivity index (χ0n) is 13.9. The molecule has 1 aliphatic heterocycles. The van der Waals surface area contributed by atoms with E-state index in [2.05, 4.69) is 15.3 Å². The van der Waals surface area contributed by atoms with Crippen molar-refractivity contribution in [2.75, 3.05) is 19.8 Å². The van der Waals surface area contributed by atoms with Gasteiger partial charge in [-0.1, -0.05) is 29.3 Å². The highest BCUT2D eigenvalue weighted by Crippen LogP contribution is 2.39. The monoisotopic (exact) mass is 379 g/mol. The largest absolute Gasteiger partial charge is 0.381 e. The Labute approximate surface area is 156 Å². The van der Waals surface area contributed by atoms with Crippen LogP contribution in [0.4, 0.5) is 0 Å². The number of hydrogen-bond acceptors (Lipinski definition) is 4. The maximum atomic E-state index is 12.4. The summed E-state index contributed by atoms with van der Waals surface area (Å²) in [6.07, 6.45) is 4.61. The fourth-order valence-electron chi connectivity index (χ4n) is 3.07. The van der Waals surface area contributed by atoms with Crippen LogP contribution < -0.4 is 5.32 Å². The van der Waals surface area contributed by atoms with Crippen LogP contribution in [0.15, 0.2) is 30.6 Å². The van der Waals surface area contributed by atoms with Crippen molar-refractivity contribution in [1.29, 1.82) is 0 Å². The maximum Gasteiger partial charge on any atom is 0.271 e. The van der Waals surface area contributed by atoms with Crippen LogP contribution in [0, 0.1) is 6.92 Å². The van der Waals surface area contributed by atoms with Crippen molar-refractivity contribution in [2.45, 2.75) is 25.2 Å². The van der Waals surface area contributed by atoms with Crippen molar-refractivity contribution >= 4 is 29.1 Å². The van der Waals surface area contributed by atoms with Gasteiger partial charge in [0.25, 0.3) is 5.91 Å². The first kappa shape index (κ1) is 18.1. The molecule has 5 nitrogen and oxygen atoms in total. The minimum atomic E-state index is -0.284. The average Bonchev–Trinajstić information content (AvgIpc) is 2.61. The molecule has 25 heavy (non-hydrogen) atoms. The zero-order valence-corrected chi connectivity index (χ0v) is 15.4. The second-order valence-electron chi connectivity index (χ2n) is 6.24. The molecule has 0 radical (unpaired) electrons. The number of aryl methyl sites for hydroxylation is 1. The molecule has 1 aliphatic rings. The van der Waals surface area contributed by atoms with Crippen molar-refractivity contribution < 1.29 is 9.53 Å². The highest BCUT2D eigenvalue weighted by Gasteiger charge is 2.36. The van der Waals surface area contributed by atoms with E-state index in [0.29, 0.717) is 35.5 Å². The Balaban J connectivity index is 1.81. The van der Waals surface area contributed by atoms with Crippen LogP contribution in [0.5, 0.6) is 0 Å². The molecule has 2 heterocycles. The maximum absolute atomic E-state index is 12.4. The molecule has 0 bridgehead atoms. The van der Waals surface area contributed by atoms with Crippen molar-refractivity contribution in [3.05, 3.63) is 57.6 Å². The fraction of sp³-hybridized carbons (Fsp3) is 0.389. The van der Waals surface area contributed by atoms with Crippen LogP contribution in [-0.4, -0.2) is 35.6 Å². The minimum Gasteiger partial charge on any atom is -0.381 e. The molecule has 0 atom stereocenters. The van der Waals surface area contributed by atoms with Gasteiger partial charge in [0.1, 0.15) is 5.69 Å². The van der Waals surface area contributed by atoms with Crippen LogP contribution in [0.1, 0.15) is 34.6 Å². The lowest BCUT2D eigenvalue weighted by atomic mass is 9.74. The molecule has 0 saturated carbocycles. The predicted octanol–water partition coefficient (Wildman–Crippen LogP) is 3.57. The third kappa shape index (κ3) is 4.11. The number of ether oxygens (including phenoxy) is 1. The van der Waals surface area contributed by atoms with Gasteiger partial charge in [-0.2, -0.15) is 0 Å². The van der Waals surface area contributed by atoms with Gasteiger partial charge in [-0.3, -0.25) is 9.78 Å². The molecule has 0 unspecified atom stereocenters. The summed E-state index contributed by atoms with van der Waals surface area (Å²) in [5.74, 6) is -0.247. The molecule has 1 amide bonds. The zero-order chi connectivity index (χ0) is 17.9. The second kappa shape index (κ2) is 7.68. The first-order chi connectivity index (χ1) is 12.0. The summed E-state index contributed by atoms with van der Waals surface area (Å²) < 4.78 is 5.51. The Bertz CT molecular complexity index is 759. The van der Waals surface area contributed by atoms with E-state index in [0.717, 1.165) is 24.1 Å². The van der Waals surface area contributed by atoms with Crippen LogP contribution in [0.2, 0.25) is 10.0 Å². The Hall–Kier alpha value is -1.69. The number of nitrogens with one attached hydrogen (secondary N) is 1. The molecule has 132 valence electrons. The van der Waals surface area contributed by atoms with E-state index < -0.39 is 0 Å². The van der Waals surface area contributed by atoms with Gasteiger partial charge < -0.3 is 10.1 Å². The second-order valence-corrected chi connectivity index (χ2v) is 7.09. The van der Waals surface area contributed by atoms with Crippen molar-refractivity contribution in [1.82, 2.24) is 15.3 Å². The highest BCUT2D eigenvalue weighted by atomic mass is 35.5. The Kier molecular flexibility index (Phi) is 5.57. The molecule has 0 aliphatic carbocycles. The van der Waals surface area contributed by atoms with Gasteiger partial charge in [-0.15, -0.1) is 0 Å². The fourth-order valence-corrected chi connectivity index (χ4v) is 3.68. The molecule has 1 aromatic carbocycles. The summed E-state index contributed by atoms with van der Waals surface area (Å²) in [6, 6.07) is 5.50. The van der Waals surface area contributed by atoms with Crippen molar-refractivity contribution in [3.8, 4) is 0 Å². The Morgan fingerprint density at radius 1 is 1.24 bits per heavy atom. The summed E-state index contributed by atoms with van der Waals surface area (Å²) in [5.41, 5.74) is 1.77. The smallest absolute Gasteiger partial charge is 0.271 e. The van der Waals surface area contributed by atoms with Crippen LogP contribution in [-0.2, 0) is 10.2 Å². The summed E-state index contributed by atoms with van der Waals surface area (Å²) in [4.78, 5) is 20.7. The van der Waals surface area contributed by atoms with Gasteiger partial charge in [-0.25, -0.2) is 4.98 Å². The molecule has 1 aromatic heterocycles. The lowest BCUT2D eigenvalue weighted by molar-refractivity contribution is 0.0487. The summed E-state index contributed by atoms with van der Waals surface area (Å²) in [7, 11) is 0. The van der Waals surface area contributed by atoms with Gasteiger partial charge in [0.05, 0.1) is 11.9 Å². The van der Waals surface area contributed by atoms with Gasteiger partial charge in [-0.05, 0) is 37.5 Å².